The number of nitrogens with two attached hydrogens (primary N) is 1. The van der Waals surface area contributed by atoms with E-state index in [0.717, 1.165) is 36.1 Å². The second kappa shape index (κ2) is 4.39. The molecule has 0 atom stereocenters. The Kier molecular flexibility index (Phi) is 3.23. The monoisotopic (exact) mass is 255 g/mol. The summed E-state index contributed by atoms with van der Waals surface area (Å²) >= 11 is 6.22. The van der Waals surface area contributed by atoms with E-state index in [4.69, 9.17) is 26.8 Å². The second-order valence-electron chi connectivity index (χ2n) is 4.61. The molecule has 1 aliphatic rings. The van der Waals surface area contributed by atoms with Crippen LogP contribution in [0.4, 0.5) is 0 Å². The summed E-state index contributed by atoms with van der Waals surface area (Å²) in [5.74, 6) is 1.41. The molecule has 0 bridgehead atoms. The van der Waals surface area contributed by atoms with Crippen LogP contribution in [0.1, 0.15) is 30.4 Å². The number of benzene rings is 1. The molecule has 4 heteroatoms. The van der Waals surface area contributed by atoms with Crippen LogP contribution < -0.4 is 15.2 Å². The predicted octanol–water partition coefficient (Wildman–Crippen LogP) is 3.00. The molecule has 0 amide bonds. The lowest BCUT2D eigenvalue weighted by Crippen LogP contribution is -2.43. The van der Waals surface area contributed by atoms with Gasteiger partial charge in [-0.3, -0.25) is 0 Å². The topological polar surface area (TPSA) is 44.5 Å². The number of hydrogen-bond acceptors (Lipinski definition) is 3. The molecule has 2 N–H and O–H groups in total. The van der Waals surface area contributed by atoms with Gasteiger partial charge in [-0.1, -0.05) is 11.6 Å². The Morgan fingerprint density at radius 3 is 2.24 bits per heavy atom. The van der Waals surface area contributed by atoms with Crippen molar-refractivity contribution in [2.45, 2.75) is 31.7 Å². The molecule has 2 rings (SSSR count). The van der Waals surface area contributed by atoms with Crippen LogP contribution in [-0.4, -0.2) is 14.2 Å². The Hall–Kier alpha value is -0.930. The van der Waals surface area contributed by atoms with Gasteiger partial charge in [0.15, 0.2) is 11.5 Å². The molecule has 1 aromatic carbocycles. The highest BCUT2D eigenvalue weighted by atomic mass is 35.5. The van der Waals surface area contributed by atoms with Gasteiger partial charge in [0.25, 0.3) is 0 Å². The normalized spacial score (nSPS) is 17.5. The van der Waals surface area contributed by atoms with Crippen LogP contribution in [0.5, 0.6) is 11.5 Å². The van der Waals surface area contributed by atoms with Crippen molar-refractivity contribution in [3.63, 3.8) is 0 Å². The first-order chi connectivity index (χ1) is 8.03. The molecule has 0 saturated heterocycles. The molecular weight excluding hydrogens is 238 g/mol. The average Bonchev–Trinajstić information content (AvgIpc) is 2.28. The fourth-order valence-corrected chi connectivity index (χ4v) is 2.54. The SMILES string of the molecule is COc1c(C2(N)CCC2)cc(Cl)c(C)c1OC. The van der Waals surface area contributed by atoms with Crippen LogP contribution in [0.25, 0.3) is 0 Å². The van der Waals surface area contributed by atoms with Crippen LogP contribution >= 0.6 is 11.6 Å². The smallest absolute Gasteiger partial charge is 0.166 e. The molecule has 0 aliphatic heterocycles. The molecule has 0 aromatic heterocycles. The number of ether oxygens (including phenoxy) is 2. The van der Waals surface area contributed by atoms with E-state index < -0.39 is 0 Å². The Balaban J connectivity index is 2.62. The van der Waals surface area contributed by atoms with Crippen molar-refractivity contribution < 1.29 is 9.47 Å². The third-order valence-electron chi connectivity index (χ3n) is 3.61. The van der Waals surface area contributed by atoms with Crippen LogP contribution in [0.3, 0.4) is 0 Å². The number of methoxy groups -OCH3 is 2. The van der Waals surface area contributed by atoms with E-state index in [-0.39, 0.29) is 5.54 Å². The van der Waals surface area contributed by atoms with E-state index in [2.05, 4.69) is 0 Å². The lowest BCUT2D eigenvalue weighted by molar-refractivity contribution is 0.240. The first kappa shape index (κ1) is 12.5. The lowest BCUT2D eigenvalue weighted by atomic mass is 9.72. The minimum atomic E-state index is -0.310. The maximum Gasteiger partial charge on any atom is 0.166 e. The van der Waals surface area contributed by atoms with Gasteiger partial charge in [0.2, 0.25) is 0 Å². The lowest BCUT2D eigenvalue weighted by Gasteiger charge is -2.39. The van der Waals surface area contributed by atoms with Crippen molar-refractivity contribution in [3.05, 3.63) is 22.2 Å². The Morgan fingerprint density at radius 2 is 1.82 bits per heavy atom. The van der Waals surface area contributed by atoms with Crippen LogP contribution in [0.15, 0.2) is 6.07 Å². The van der Waals surface area contributed by atoms with Crippen molar-refractivity contribution in [1.82, 2.24) is 0 Å². The summed E-state index contributed by atoms with van der Waals surface area (Å²) in [5, 5.41) is 0.675. The van der Waals surface area contributed by atoms with Crippen molar-refractivity contribution in [2.75, 3.05) is 14.2 Å². The number of hydrogen-bond donors (Lipinski definition) is 1. The highest BCUT2D eigenvalue weighted by Gasteiger charge is 2.38. The summed E-state index contributed by atoms with van der Waals surface area (Å²) in [6.07, 6.45) is 3.07. The summed E-state index contributed by atoms with van der Waals surface area (Å²) in [4.78, 5) is 0. The highest BCUT2D eigenvalue weighted by Crippen LogP contribution is 2.48. The molecule has 1 saturated carbocycles. The Bertz CT molecular complexity index is 442. The second-order valence-corrected chi connectivity index (χ2v) is 5.01. The maximum atomic E-state index is 6.35. The third kappa shape index (κ3) is 1.87. The van der Waals surface area contributed by atoms with Gasteiger partial charge in [0.05, 0.1) is 14.2 Å². The highest BCUT2D eigenvalue weighted by molar-refractivity contribution is 6.31. The van der Waals surface area contributed by atoms with Crippen LogP contribution in [0, 0.1) is 6.92 Å². The first-order valence-electron chi connectivity index (χ1n) is 5.74. The molecular formula is C13H18ClNO2. The summed E-state index contributed by atoms with van der Waals surface area (Å²) in [6.45, 7) is 1.91. The molecule has 1 aromatic rings. The molecule has 0 heterocycles. The van der Waals surface area contributed by atoms with E-state index in [0.29, 0.717) is 10.8 Å². The van der Waals surface area contributed by atoms with E-state index in [1.54, 1.807) is 14.2 Å². The van der Waals surface area contributed by atoms with Crippen molar-refractivity contribution >= 4 is 11.6 Å². The quantitative estimate of drug-likeness (QED) is 0.903. The molecule has 3 nitrogen and oxygen atoms in total. The van der Waals surface area contributed by atoms with Gasteiger partial charge in [0, 0.05) is 21.7 Å². The fraction of sp³-hybridized carbons (Fsp3) is 0.538. The van der Waals surface area contributed by atoms with Crippen molar-refractivity contribution in [3.8, 4) is 11.5 Å². The largest absolute Gasteiger partial charge is 0.493 e. The molecule has 0 spiro atoms. The predicted molar refractivity (Wildman–Crippen MR) is 69.0 cm³/mol. The zero-order chi connectivity index (χ0) is 12.6. The first-order valence-corrected chi connectivity index (χ1v) is 6.11. The minimum absolute atomic E-state index is 0.310. The molecule has 1 fully saturated rings. The Labute approximate surface area is 107 Å². The summed E-state index contributed by atoms with van der Waals surface area (Å²) < 4.78 is 10.8. The van der Waals surface area contributed by atoms with Gasteiger partial charge in [-0.25, -0.2) is 0 Å². The van der Waals surface area contributed by atoms with Gasteiger partial charge in [0.1, 0.15) is 0 Å². The van der Waals surface area contributed by atoms with Gasteiger partial charge in [-0.15, -0.1) is 0 Å². The van der Waals surface area contributed by atoms with Crippen LogP contribution in [0.2, 0.25) is 5.02 Å². The summed E-state index contributed by atoms with van der Waals surface area (Å²) in [7, 11) is 3.26. The van der Waals surface area contributed by atoms with E-state index in [1.165, 1.54) is 0 Å². The van der Waals surface area contributed by atoms with Gasteiger partial charge in [-0.05, 0) is 32.3 Å². The molecule has 17 heavy (non-hydrogen) atoms. The third-order valence-corrected chi connectivity index (χ3v) is 4.00. The average molecular weight is 256 g/mol. The molecule has 1 aliphatic carbocycles. The zero-order valence-electron chi connectivity index (χ0n) is 10.5. The number of halogens is 1. The fourth-order valence-electron chi connectivity index (χ4n) is 2.35. The standard InChI is InChI=1S/C13H18ClNO2/c1-8-10(14)7-9(13(15)5-4-6-13)12(17-3)11(8)16-2/h7H,4-6,15H2,1-3H3. The minimum Gasteiger partial charge on any atom is -0.493 e. The summed E-state index contributed by atoms with van der Waals surface area (Å²) in [6, 6.07) is 1.91. The summed E-state index contributed by atoms with van der Waals surface area (Å²) in [5.41, 5.74) is 7.88. The Morgan fingerprint density at radius 1 is 1.24 bits per heavy atom. The van der Waals surface area contributed by atoms with E-state index in [1.807, 2.05) is 13.0 Å². The van der Waals surface area contributed by atoms with E-state index >= 15 is 0 Å². The zero-order valence-corrected chi connectivity index (χ0v) is 11.2. The van der Waals surface area contributed by atoms with E-state index in [9.17, 15) is 0 Å². The molecule has 0 unspecified atom stereocenters. The van der Waals surface area contributed by atoms with Crippen LogP contribution in [-0.2, 0) is 5.54 Å². The van der Waals surface area contributed by atoms with Crippen molar-refractivity contribution in [1.29, 1.82) is 0 Å². The number of rotatable bonds is 3. The molecule has 0 radical (unpaired) electrons. The molecule has 94 valence electrons. The van der Waals surface area contributed by atoms with Gasteiger partial charge >= 0.3 is 0 Å². The van der Waals surface area contributed by atoms with Gasteiger partial charge in [-0.2, -0.15) is 0 Å². The van der Waals surface area contributed by atoms with Crippen molar-refractivity contribution in [2.24, 2.45) is 5.73 Å². The van der Waals surface area contributed by atoms with Gasteiger partial charge < -0.3 is 15.2 Å². The maximum absolute atomic E-state index is 6.35.